The first-order valence-corrected chi connectivity index (χ1v) is 14.8. The van der Waals surface area contributed by atoms with Crippen molar-refractivity contribution in [2.45, 2.75) is 78.6 Å². The van der Waals surface area contributed by atoms with Crippen LogP contribution in [0.1, 0.15) is 88.8 Å². The van der Waals surface area contributed by atoms with Gasteiger partial charge in [-0.05, 0) is 91.9 Å². The van der Waals surface area contributed by atoms with E-state index in [1.54, 1.807) is 5.47 Å². The van der Waals surface area contributed by atoms with Crippen LogP contribution < -0.4 is 15.8 Å². The van der Waals surface area contributed by atoms with E-state index >= 15 is 0 Å². The Kier molecular flexibility index (Phi) is 5.11. The number of benzene rings is 4. The van der Waals surface area contributed by atoms with Crippen LogP contribution in [-0.2, 0) is 16.2 Å². The smallest absolute Gasteiger partial charge is 0.244 e. The fourth-order valence-corrected chi connectivity index (χ4v) is 7.54. The highest BCUT2D eigenvalue weighted by Crippen LogP contribution is 2.55. The summed E-state index contributed by atoms with van der Waals surface area (Å²) in [7, 11) is 0. The summed E-state index contributed by atoms with van der Waals surface area (Å²) in [6.07, 6.45) is 0. The van der Waals surface area contributed by atoms with Gasteiger partial charge in [0.15, 0.2) is 0 Å². The second kappa shape index (κ2) is 8.03. The molecule has 0 radical (unpaired) electrons. The molecule has 4 aromatic rings. The molecule has 0 saturated carbocycles. The Hall–Kier alpha value is -3.52. The van der Waals surface area contributed by atoms with Crippen LogP contribution in [0.15, 0.2) is 84.3 Å². The van der Waals surface area contributed by atoms with Crippen LogP contribution in [0.3, 0.4) is 0 Å². The first-order valence-electron chi connectivity index (χ1n) is 14.8. The first kappa shape index (κ1) is 25.5. The van der Waals surface area contributed by atoms with E-state index in [4.69, 9.17) is 0 Å². The van der Waals surface area contributed by atoms with E-state index in [0.29, 0.717) is 0 Å². The zero-order valence-electron chi connectivity index (χ0n) is 25.5. The zero-order valence-corrected chi connectivity index (χ0v) is 25.5. The van der Waals surface area contributed by atoms with E-state index in [1.165, 1.54) is 66.9 Å². The van der Waals surface area contributed by atoms with Gasteiger partial charge >= 0.3 is 0 Å². The molecule has 4 aromatic carbocycles. The molecule has 40 heavy (non-hydrogen) atoms. The van der Waals surface area contributed by atoms with E-state index in [-0.39, 0.29) is 23.0 Å². The standard InChI is InChI=1S/C38H40BN/c1-23-20-28-33-27-12-10-11-13-29(27)38(8,9)35(33)39-30-19-16-25(37(5,6)7)22-31(30)40(32(21-23)34(28)39)26-17-14-24(15-18-26)36(2,3)4/h10-22H,1-9H3. The van der Waals surface area contributed by atoms with Crippen molar-refractivity contribution < 1.29 is 0 Å². The number of hydrogen-bond donors (Lipinski definition) is 0. The van der Waals surface area contributed by atoms with Crippen LogP contribution in [-0.4, -0.2) is 6.71 Å². The fraction of sp³-hybridized carbons (Fsp3) is 0.316. The average Bonchev–Trinajstić information content (AvgIpc) is 3.35. The molecule has 0 unspecified atom stereocenters. The molecular formula is C38H40BN. The number of nitrogens with zero attached hydrogens (tertiary/aromatic N) is 1. The van der Waals surface area contributed by atoms with Gasteiger partial charge in [0.1, 0.15) is 0 Å². The Morgan fingerprint density at radius 3 is 2.00 bits per heavy atom. The minimum absolute atomic E-state index is 0.0305. The number of allylic oxidation sites excluding steroid dienone is 1. The van der Waals surface area contributed by atoms with Crippen molar-refractivity contribution >= 4 is 40.3 Å². The molecule has 7 rings (SSSR count). The minimum atomic E-state index is -0.0305. The van der Waals surface area contributed by atoms with Crippen LogP contribution in [0.2, 0.25) is 0 Å². The number of rotatable bonds is 1. The van der Waals surface area contributed by atoms with Gasteiger partial charge in [-0.15, -0.1) is 0 Å². The summed E-state index contributed by atoms with van der Waals surface area (Å²) in [6, 6.07) is 30.6. The van der Waals surface area contributed by atoms with Crippen molar-refractivity contribution in [3.05, 3.63) is 118 Å². The molecule has 0 fully saturated rings. The van der Waals surface area contributed by atoms with Gasteiger partial charge in [-0.2, -0.15) is 0 Å². The minimum Gasteiger partial charge on any atom is -0.311 e. The maximum atomic E-state index is 2.56. The Morgan fingerprint density at radius 2 is 1.32 bits per heavy atom. The maximum absolute atomic E-state index is 2.56. The van der Waals surface area contributed by atoms with Crippen LogP contribution in [0.5, 0.6) is 0 Å². The van der Waals surface area contributed by atoms with Crippen molar-refractivity contribution in [2.75, 3.05) is 4.90 Å². The predicted molar refractivity (Wildman–Crippen MR) is 174 cm³/mol. The number of fused-ring (bicyclic) bond motifs is 6. The van der Waals surface area contributed by atoms with Gasteiger partial charge in [0, 0.05) is 22.5 Å². The monoisotopic (exact) mass is 521 g/mol. The third kappa shape index (κ3) is 3.41. The van der Waals surface area contributed by atoms with Gasteiger partial charge < -0.3 is 4.90 Å². The molecule has 0 aromatic heterocycles. The van der Waals surface area contributed by atoms with Crippen molar-refractivity contribution in [3.8, 4) is 0 Å². The normalized spacial score (nSPS) is 16.6. The van der Waals surface area contributed by atoms with Crippen LogP contribution in [0.4, 0.5) is 17.1 Å². The molecular weight excluding hydrogens is 481 g/mol. The molecule has 2 heterocycles. The lowest BCUT2D eigenvalue weighted by molar-refractivity contribution is 0.590. The van der Waals surface area contributed by atoms with E-state index in [0.717, 1.165) is 0 Å². The zero-order chi connectivity index (χ0) is 28.4. The Bertz CT molecular complexity index is 1740. The second-order valence-electron chi connectivity index (χ2n) is 14.8. The largest absolute Gasteiger partial charge is 0.311 e. The predicted octanol–water partition coefficient (Wildman–Crippen LogP) is 8.63. The number of hydrogen-bond acceptors (Lipinski definition) is 1. The third-order valence-corrected chi connectivity index (χ3v) is 9.64. The summed E-state index contributed by atoms with van der Waals surface area (Å²) in [5.41, 5.74) is 18.4. The van der Waals surface area contributed by atoms with Gasteiger partial charge in [-0.3, -0.25) is 0 Å². The van der Waals surface area contributed by atoms with E-state index in [2.05, 4.69) is 146 Å². The molecule has 0 amide bonds. The number of anilines is 3. The van der Waals surface area contributed by atoms with E-state index in [1.807, 2.05) is 0 Å². The molecule has 3 aliphatic rings. The summed E-state index contributed by atoms with van der Waals surface area (Å²) in [4.78, 5) is 2.56. The molecule has 0 bridgehead atoms. The highest BCUT2D eigenvalue weighted by atomic mass is 15.2. The van der Waals surface area contributed by atoms with Crippen molar-refractivity contribution in [3.63, 3.8) is 0 Å². The lowest BCUT2D eigenvalue weighted by Crippen LogP contribution is -2.53. The van der Waals surface area contributed by atoms with Gasteiger partial charge in [0.25, 0.3) is 0 Å². The molecule has 0 N–H and O–H groups in total. The molecule has 1 nitrogen and oxygen atoms in total. The Balaban J connectivity index is 1.55. The van der Waals surface area contributed by atoms with Crippen molar-refractivity contribution in [2.24, 2.45) is 0 Å². The number of aryl methyl sites for hydroxylation is 1. The highest BCUT2D eigenvalue weighted by Gasteiger charge is 2.52. The summed E-state index contributed by atoms with van der Waals surface area (Å²) < 4.78 is 0. The molecule has 0 spiro atoms. The SMILES string of the molecule is Cc1cc2c3c(c1)N(c1ccc(C(C)(C)C)cc1)c1cc(C(C)(C)C)ccc1B3C1=C2c2ccccc2C1(C)C. The summed E-state index contributed by atoms with van der Waals surface area (Å²) >= 11 is 0. The van der Waals surface area contributed by atoms with E-state index < -0.39 is 0 Å². The van der Waals surface area contributed by atoms with Gasteiger partial charge in [-0.25, -0.2) is 0 Å². The maximum Gasteiger partial charge on any atom is 0.244 e. The summed E-state index contributed by atoms with van der Waals surface area (Å²) in [6.45, 7) is 21.2. The quantitative estimate of drug-likeness (QED) is 0.227. The second-order valence-corrected chi connectivity index (χ2v) is 14.8. The molecule has 2 aliphatic heterocycles. The van der Waals surface area contributed by atoms with Crippen LogP contribution in [0, 0.1) is 6.92 Å². The van der Waals surface area contributed by atoms with Crippen LogP contribution in [0.25, 0.3) is 5.57 Å². The topological polar surface area (TPSA) is 3.24 Å². The van der Waals surface area contributed by atoms with Gasteiger partial charge in [0.05, 0.1) is 0 Å². The van der Waals surface area contributed by atoms with E-state index in [9.17, 15) is 0 Å². The molecule has 0 saturated heterocycles. The molecule has 2 heteroatoms. The van der Waals surface area contributed by atoms with Crippen molar-refractivity contribution in [1.29, 1.82) is 0 Å². The first-order chi connectivity index (χ1) is 18.8. The van der Waals surface area contributed by atoms with Crippen LogP contribution >= 0.6 is 0 Å². The van der Waals surface area contributed by atoms with Gasteiger partial charge in [-0.1, -0.05) is 115 Å². The Labute approximate surface area is 241 Å². The fourth-order valence-electron chi connectivity index (χ4n) is 7.54. The average molecular weight is 522 g/mol. The summed E-state index contributed by atoms with van der Waals surface area (Å²) in [5, 5.41) is 0. The summed E-state index contributed by atoms with van der Waals surface area (Å²) in [5.74, 6) is 0. The third-order valence-electron chi connectivity index (χ3n) is 9.64. The highest BCUT2D eigenvalue weighted by molar-refractivity contribution is 6.97. The lowest BCUT2D eigenvalue weighted by atomic mass is 9.33. The Morgan fingerprint density at radius 1 is 0.675 bits per heavy atom. The van der Waals surface area contributed by atoms with Gasteiger partial charge in [0.2, 0.25) is 6.71 Å². The molecule has 1 aliphatic carbocycles. The molecule has 200 valence electrons. The van der Waals surface area contributed by atoms with Crippen molar-refractivity contribution in [1.82, 2.24) is 0 Å². The molecule has 0 atom stereocenters. The lowest BCUT2D eigenvalue weighted by Gasteiger charge is -2.40.